The van der Waals surface area contributed by atoms with Gasteiger partial charge in [-0.3, -0.25) is 4.99 Å². The molecule has 0 amide bonds. The summed E-state index contributed by atoms with van der Waals surface area (Å²) in [6, 6.07) is 13.4. The number of guanidine groups is 1. The van der Waals surface area contributed by atoms with Gasteiger partial charge in [0.1, 0.15) is 0 Å². The molecule has 0 radical (unpaired) electrons. The van der Waals surface area contributed by atoms with Crippen LogP contribution >= 0.6 is 11.3 Å². The van der Waals surface area contributed by atoms with Crippen molar-refractivity contribution >= 4 is 33.2 Å². The number of benzene rings is 1. The van der Waals surface area contributed by atoms with Crippen LogP contribution in [-0.2, 0) is 6.42 Å². The highest BCUT2D eigenvalue weighted by Crippen LogP contribution is 2.25. The summed E-state index contributed by atoms with van der Waals surface area (Å²) >= 11 is 1.83. The molecule has 3 N–H and O–H groups in total. The van der Waals surface area contributed by atoms with Gasteiger partial charge in [0.15, 0.2) is 5.96 Å². The largest absolute Gasteiger partial charge is 0.363 e. The van der Waals surface area contributed by atoms with Crippen molar-refractivity contribution in [1.82, 2.24) is 15.6 Å². The first-order valence-electron chi connectivity index (χ1n) is 10.1. The molecule has 1 aromatic carbocycles. The smallest absolute Gasteiger partial charge is 0.191 e. The number of aliphatic imine (C=N–C) groups is 1. The minimum Gasteiger partial charge on any atom is -0.363 e. The monoisotopic (exact) mass is 395 g/mol. The summed E-state index contributed by atoms with van der Waals surface area (Å²) in [7, 11) is 1.85. The number of aromatic amines is 1. The molecule has 6 heteroatoms. The molecule has 2 aromatic heterocycles. The quantitative estimate of drug-likeness (QED) is 0.453. The molecule has 1 aliphatic heterocycles. The van der Waals surface area contributed by atoms with Crippen molar-refractivity contribution in [2.24, 2.45) is 4.99 Å². The first kappa shape index (κ1) is 18.9. The molecule has 1 fully saturated rings. The maximum Gasteiger partial charge on any atom is 0.191 e. The fraction of sp³-hybridized carbons (Fsp3) is 0.409. The van der Waals surface area contributed by atoms with Gasteiger partial charge < -0.3 is 20.5 Å². The summed E-state index contributed by atoms with van der Waals surface area (Å²) in [5.74, 6) is 0.909. The number of aromatic nitrogens is 1. The van der Waals surface area contributed by atoms with E-state index in [9.17, 15) is 0 Å². The van der Waals surface area contributed by atoms with Gasteiger partial charge in [-0.25, -0.2) is 0 Å². The van der Waals surface area contributed by atoms with Gasteiger partial charge in [-0.15, -0.1) is 11.3 Å². The fourth-order valence-corrected chi connectivity index (χ4v) is 4.83. The number of aryl methyl sites for hydroxylation is 1. The van der Waals surface area contributed by atoms with Crippen molar-refractivity contribution in [1.29, 1.82) is 0 Å². The van der Waals surface area contributed by atoms with Gasteiger partial charge >= 0.3 is 0 Å². The maximum atomic E-state index is 4.43. The van der Waals surface area contributed by atoms with Crippen LogP contribution in [-0.4, -0.2) is 43.7 Å². The number of hydrogen-bond donors (Lipinski definition) is 3. The Morgan fingerprint density at radius 3 is 2.79 bits per heavy atom. The predicted molar refractivity (Wildman–Crippen MR) is 121 cm³/mol. The topological polar surface area (TPSA) is 55.5 Å². The van der Waals surface area contributed by atoms with E-state index < -0.39 is 0 Å². The van der Waals surface area contributed by atoms with Gasteiger partial charge in [-0.1, -0.05) is 18.2 Å². The van der Waals surface area contributed by atoms with E-state index in [0.29, 0.717) is 6.04 Å². The molecule has 0 atom stereocenters. The lowest BCUT2D eigenvalue weighted by molar-refractivity contribution is 0.463. The Bertz CT molecular complexity index is 920. The normalized spacial score (nSPS) is 15.9. The molecule has 148 valence electrons. The van der Waals surface area contributed by atoms with Crippen molar-refractivity contribution < 1.29 is 0 Å². The number of hydrogen-bond acceptors (Lipinski definition) is 3. The van der Waals surface area contributed by atoms with E-state index >= 15 is 0 Å². The van der Waals surface area contributed by atoms with Gasteiger partial charge in [0.25, 0.3) is 0 Å². The molecule has 3 aromatic rings. The van der Waals surface area contributed by atoms with Crippen LogP contribution in [0, 0.1) is 6.92 Å². The number of nitrogens with one attached hydrogen (secondary N) is 3. The number of para-hydroxylation sites is 1. The number of fused-ring (bicyclic) bond motifs is 1. The van der Waals surface area contributed by atoms with Gasteiger partial charge in [-0.2, -0.15) is 0 Å². The van der Waals surface area contributed by atoms with Gasteiger partial charge in [0.05, 0.1) is 5.00 Å². The molecule has 0 bridgehead atoms. The predicted octanol–water partition coefficient (Wildman–Crippen LogP) is 3.91. The van der Waals surface area contributed by atoms with Crippen molar-refractivity contribution in [2.75, 3.05) is 31.6 Å². The third kappa shape index (κ3) is 4.17. The van der Waals surface area contributed by atoms with Crippen LogP contribution in [0.25, 0.3) is 10.9 Å². The Labute approximate surface area is 170 Å². The minimum atomic E-state index is 0.484. The summed E-state index contributed by atoms with van der Waals surface area (Å²) in [6.45, 7) is 5.23. The average Bonchev–Trinajstić information content (AvgIpc) is 3.36. The number of piperidine rings is 1. The van der Waals surface area contributed by atoms with Crippen molar-refractivity contribution in [3.8, 4) is 0 Å². The van der Waals surface area contributed by atoms with E-state index in [1.807, 2.05) is 18.4 Å². The van der Waals surface area contributed by atoms with Gasteiger partial charge in [0, 0.05) is 49.3 Å². The molecule has 0 aliphatic carbocycles. The average molecular weight is 396 g/mol. The second-order valence-corrected chi connectivity index (χ2v) is 8.31. The lowest BCUT2D eigenvalue weighted by Gasteiger charge is -2.33. The van der Waals surface area contributed by atoms with Crippen molar-refractivity contribution in [2.45, 2.75) is 32.2 Å². The number of thiophene rings is 1. The zero-order chi connectivity index (χ0) is 19.3. The van der Waals surface area contributed by atoms with Crippen LogP contribution in [0.3, 0.4) is 0 Å². The van der Waals surface area contributed by atoms with Crippen LogP contribution in [0.15, 0.2) is 46.8 Å². The number of rotatable bonds is 5. The first-order chi connectivity index (χ1) is 13.7. The highest BCUT2D eigenvalue weighted by atomic mass is 32.1. The fourth-order valence-electron chi connectivity index (χ4n) is 4.04. The Morgan fingerprint density at radius 2 is 2.04 bits per heavy atom. The zero-order valence-electron chi connectivity index (χ0n) is 16.7. The molecule has 3 heterocycles. The standard InChI is InChI=1S/C22H29N5S/c1-16-18(19-6-3-4-7-20(19)25-16)9-12-24-22(23-2)26-17-10-13-27(14-11-17)21-8-5-15-28-21/h3-8,15,17,25H,9-14H2,1-2H3,(H2,23,24,26). The van der Waals surface area contributed by atoms with Gasteiger partial charge in [-0.05, 0) is 55.3 Å². The molecule has 0 spiro atoms. The molecule has 1 saturated heterocycles. The van der Waals surface area contributed by atoms with E-state index in [2.05, 4.69) is 74.2 Å². The Kier molecular flexibility index (Phi) is 5.86. The molecule has 0 saturated carbocycles. The highest BCUT2D eigenvalue weighted by molar-refractivity contribution is 7.14. The lowest BCUT2D eigenvalue weighted by atomic mass is 10.1. The molecule has 5 nitrogen and oxygen atoms in total. The van der Waals surface area contributed by atoms with Crippen LogP contribution < -0.4 is 15.5 Å². The number of anilines is 1. The minimum absolute atomic E-state index is 0.484. The number of nitrogens with zero attached hydrogens (tertiary/aromatic N) is 2. The molecular weight excluding hydrogens is 366 g/mol. The SMILES string of the molecule is CN=C(NCCc1c(C)[nH]c2ccccc12)NC1CCN(c2cccs2)CC1. The van der Waals surface area contributed by atoms with Crippen LogP contribution in [0.4, 0.5) is 5.00 Å². The summed E-state index contributed by atoms with van der Waals surface area (Å²) in [6.07, 6.45) is 3.26. The van der Waals surface area contributed by atoms with Crippen molar-refractivity contribution in [3.05, 3.63) is 53.0 Å². The maximum absolute atomic E-state index is 4.43. The Balaban J connectivity index is 1.27. The van der Waals surface area contributed by atoms with E-state index in [-0.39, 0.29) is 0 Å². The third-order valence-electron chi connectivity index (χ3n) is 5.57. The molecular formula is C22H29N5S. The summed E-state index contributed by atoms with van der Waals surface area (Å²) < 4.78 is 0. The Morgan fingerprint density at radius 1 is 1.21 bits per heavy atom. The first-order valence-corrected chi connectivity index (χ1v) is 10.9. The number of H-pyrrole nitrogens is 1. The summed E-state index contributed by atoms with van der Waals surface area (Å²) in [5, 5.41) is 12.0. The van der Waals surface area contributed by atoms with Gasteiger partial charge in [0.2, 0.25) is 0 Å². The van der Waals surface area contributed by atoms with Crippen LogP contribution in [0.1, 0.15) is 24.1 Å². The van der Waals surface area contributed by atoms with Crippen LogP contribution in [0.5, 0.6) is 0 Å². The third-order valence-corrected chi connectivity index (χ3v) is 6.50. The Hall–Kier alpha value is -2.47. The molecule has 0 unspecified atom stereocenters. The molecule has 1 aliphatic rings. The lowest BCUT2D eigenvalue weighted by Crippen LogP contribution is -2.49. The summed E-state index contributed by atoms with van der Waals surface area (Å²) in [4.78, 5) is 10.4. The zero-order valence-corrected chi connectivity index (χ0v) is 17.5. The van der Waals surface area contributed by atoms with Crippen LogP contribution in [0.2, 0.25) is 0 Å². The molecule has 4 rings (SSSR count). The van der Waals surface area contributed by atoms with E-state index in [4.69, 9.17) is 0 Å². The van der Waals surface area contributed by atoms with E-state index in [1.165, 1.54) is 27.2 Å². The van der Waals surface area contributed by atoms with Crippen molar-refractivity contribution in [3.63, 3.8) is 0 Å². The van der Waals surface area contributed by atoms with E-state index in [0.717, 1.165) is 44.9 Å². The highest BCUT2D eigenvalue weighted by Gasteiger charge is 2.20. The second kappa shape index (κ2) is 8.69. The molecule has 28 heavy (non-hydrogen) atoms. The van der Waals surface area contributed by atoms with E-state index in [1.54, 1.807) is 0 Å². The summed E-state index contributed by atoms with van der Waals surface area (Å²) in [5.41, 5.74) is 3.87. The second-order valence-electron chi connectivity index (χ2n) is 7.38.